The van der Waals surface area contributed by atoms with Crippen molar-refractivity contribution in [2.24, 2.45) is 0 Å². The average Bonchev–Trinajstić information content (AvgIpc) is 2.59. The van der Waals surface area contributed by atoms with Crippen molar-refractivity contribution in [2.75, 3.05) is 31.5 Å². The van der Waals surface area contributed by atoms with Gasteiger partial charge in [0.05, 0.1) is 22.3 Å². The number of nitrogens with one attached hydrogen (secondary N) is 2. The number of benzene rings is 2. The van der Waals surface area contributed by atoms with Crippen molar-refractivity contribution in [3.05, 3.63) is 63.1 Å². The molecule has 1 fully saturated rings. The minimum atomic E-state index is -0.158. The van der Waals surface area contributed by atoms with E-state index in [-0.39, 0.29) is 30.9 Å². The molecule has 0 bridgehead atoms. The van der Waals surface area contributed by atoms with E-state index in [9.17, 15) is 4.79 Å². The molecule has 1 amide bonds. The molecule has 2 aromatic rings. The first kappa shape index (κ1) is 21.3. The van der Waals surface area contributed by atoms with Crippen LogP contribution in [0.1, 0.15) is 11.6 Å². The predicted molar refractivity (Wildman–Crippen MR) is 111 cm³/mol. The Labute approximate surface area is 174 Å². The molecule has 1 atom stereocenters. The molecule has 2 N–H and O–H groups in total. The van der Waals surface area contributed by atoms with Crippen molar-refractivity contribution in [1.29, 1.82) is 0 Å². The van der Waals surface area contributed by atoms with Gasteiger partial charge in [-0.15, -0.1) is 12.4 Å². The number of amides is 1. The van der Waals surface area contributed by atoms with E-state index in [0.717, 1.165) is 25.2 Å². The van der Waals surface area contributed by atoms with Crippen LogP contribution in [0.15, 0.2) is 42.5 Å². The predicted octanol–water partition coefficient (Wildman–Crippen LogP) is 4.65. The van der Waals surface area contributed by atoms with Crippen LogP contribution in [0.5, 0.6) is 0 Å². The Morgan fingerprint density at radius 2 is 1.73 bits per heavy atom. The average molecular weight is 435 g/mol. The molecule has 0 spiro atoms. The standard InChI is InChI=1S/C18H18Cl3N3O.ClH/c19-13-5-2-1-4-12(13)16-10-22-8-9-24(16)11-17(25)23-18-14(20)6-3-7-15(18)21;/h1-7,16,22H,8-11H2,(H,23,25);1H. The third-order valence-corrected chi connectivity index (χ3v) is 5.17. The van der Waals surface area contributed by atoms with Crippen LogP contribution in [0.2, 0.25) is 15.1 Å². The van der Waals surface area contributed by atoms with Crippen molar-refractivity contribution < 1.29 is 4.79 Å². The fraction of sp³-hybridized carbons (Fsp3) is 0.278. The molecule has 0 aliphatic carbocycles. The van der Waals surface area contributed by atoms with Crippen LogP contribution in [0.25, 0.3) is 0 Å². The fourth-order valence-electron chi connectivity index (χ4n) is 2.97. The zero-order valence-corrected chi connectivity index (χ0v) is 16.9. The summed E-state index contributed by atoms with van der Waals surface area (Å²) in [5.41, 5.74) is 1.46. The molecule has 1 aliphatic heterocycles. The highest BCUT2D eigenvalue weighted by Crippen LogP contribution is 2.31. The Balaban J connectivity index is 0.00000243. The van der Waals surface area contributed by atoms with Crippen molar-refractivity contribution >= 4 is 58.8 Å². The molecule has 140 valence electrons. The lowest BCUT2D eigenvalue weighted by molar-refractivity contribution is -0.118. The molecule has 0 radical (unpaired) electrons. The molecule has 1 heterocycles. The van der Waals surface area contributed by atoms with Crippen LogP contribution in [0.3, 0.4) is 0 Å². The van der Waals surface area contributed by atoms with Crippen LogP contribution in [-0.2, 0) is 4.79 Å². The monoisotopic (exact) mass is 433 g/mol. The SMILES string of the molecule is Cl.O=C(CN1CCNCC1c1ccccc1Cl)Nc1c(Cl)cccc1Cl. The number of para-hydroxylation sites is 1. The first-order chi connectivity index (χ1) is 12.1. The van der Waals surface area contributed by atoms with Crippen molar-refractivity contribution in [2.45, 2.75) is 6.04 Å². The maximum absolute atomic E-state index is 12.5. The van der Waals surface area contributed by atoms with Gasteiger partial charge >= 0.3 is 0 Å². The van der Waals surface area contributed by atoms with Gasteiger partial charge in [-0.3, -0.25) is 9.69 Å². The highest BCUT2D eigenvalue weighted by Gasteiger charge is 2.27. The number of rotatable bonds is 4. The maximum Gasteiger partial charge on any atom is 0.238 e. The lowest BCUT2D eigenvalue weighted by Gasteiger charge is -2.36. The second-order valence-corrected chi connectivity index (χ2v) is 7.08. The van der Waals surface area contributed by atoms with Gasteiger partial charge in [-0.1, -0.05) is 59.1 Å². The summed E-state index contributed by atoms with van der Waals surface area (Å²) in [4.78, 5) is 14.6. The second-order valence-electron chi connectivity index (χ2n) is 5.86. The van der Waals surface area contributed by atoms with Gasteiger partial charge in [-0.05, 0) is 23.8 Å². The van der Waals surface area contributed by atoms with Gasteiger partial charge in [-0.25, -0.2) is 0 Å². The van der Waals surface area contributed by atoms with E-state index in [2.05, 4.69) is 15.5 Å². The third kappa shape index (κ3) is 5.03. The molecule has 4 nitrogen and oxygen atoms in total. The number of carbonyl (C=O) groups is 1. The first-order valence-corrected chi connectivity index (χ1v) is 9.12. The minimum Gasteiger partial charge on any atom is -0.322 e. The molecular weight excluding hydrogens is 416 g/mol. The van der Waals surface area contributed by atoms with Gasteiger partial charge in [0.25, 0.3) is 0 Å². The van der Waals surface area contributed by atoms with E-state index < -0.39 is 0 Å². The summed E-state index contributed by atoms with van der Waals surface area (Å²) >= 11 is 18.6. The van der Waals surface area contributed by atoms with Crippen LogP contribution in [-0.4, -0.2) is 37.0 Å². The minimum absolute atomic E-state index is 0. The molecule has 8 heteroatoms. The molecule has 2 aromatic carbocycles. The Morgan fingerprint density at radius 1 is 1.08 bits per heavy atom. The summed E-state index contributed by atoms with van der Waals surface area (Å²) in [6.45, 7) is 2.55. The van der Waals surface area contributed by atoms with Crippen LogP contribution < -0.4 is 10.6 Å². The Hall–Kier alpha value is -1.01. The van der Waals surface area contributed by atoms with Gasteiger partial charge in [0.1, 0.15) is 0 Å². The van der Waals surface area contributed by atoms with E-state index in [1.54, 1.807) is 18.2 Å². The summed E-state index contributed by atoms with van der Waals surface area (Å²) in [6.07, 6.45) is 0. The van der Waals surface area contributed by atoms with Crippen LogP contribution >= 0.6 is 47.2 Å². The van der Waals surface area contributed by atoms with E-state index in [1.807, 2.05) is 24.3 Å². The molecule has 3 rings (SSSR count). The van der Waals surface area contributed by atoms with Gasteiger partial charge < -0.3 is 10.6 Å². The summed E-state index contributed by atoms with van der Waals surface area (Å²) in [6, 6.07) is 12.9. The lowest BCUT2D eigenvalue weighted by Crippen LogP contribution is -2.48. The second kappa shape index (κ2) is 9.79. The lowest BCUT2D eigenvalue weighted by atomic mass is 10.0. The van der Waals surface area contributed by atoms with Gasteiger partial charge in [0.2, 0.25) is 5.91 Å². The highest BCUT2D eigenvalue weighted by atomic mass is 35.5. The van der Waals surface area contributed by atoms with Gasteiger partial charge in [0.15, 0.2) is 0 Å². The fourth-order valence-corrected chi connectivity index (χ4v) is 3.72. The van der Waals surface area contributed by atoms with Crippen molar-refractivity contribution in [1.82, 2.24) is 10.2 Å². The number of hydrogen-bond donors (Lipinski definition) is 2. The van der Waals surface area contributed by atoms with Crippen molar-refractivity contribution in [3.63, 3.8) is 0 Å². The number of anilines is 1. The first-order valence-electron chi connectivity index (χ1n) is 7.99. The maximum atomic E-state index is 12.5. The molecular formula is C18H19Cl4N3O. The number of nitrogens with zero attached hydrogens (tertiary/aromatic N) is 1. The molecule has 26 heavy (non-hydrogen) atoms. The van der Waals surface area contributed by atoms with E-state index >= 15 is 0 Å². The Kier molecular flexibility index (Phi) is 8.02. The summed E-state index contributed by atoms with van der Waals surface area (Å²) < 4.78 is 0. The quantitative estimate of drug-likeness (QED) is 0.735. The molecule has 1 saturated heterocycles. The topological polar surface area (TPSA) is 44.4 Å². The smallest absolute Gasteiger partial charge is 0.238 e. The Morgan fingerprint density at radius 3 is 2.42 bits per heavy atom. The number of carbonyl (C=O) groups excluding carboxylic acids is 1. The van der Waals surface area contributed by atoms with Gasteiger partial charge in [-0.2, -0.15) is 0 Å². The number of hydrogen-bond acceptors (Lipinski definition) is 3. The molecule has 0 saturated carbocycles. The van der Waals surface area contributed by atoms with Gasteiger partial charge in [0, 0.05) is 30.7 Å². The summed E-state index contributed by atoms with van der Waals surface area (Å²) in [7, 11) is 0. The normalized spacial score (nSPS) is 17.4. The van der Waals surface area contributed by atoms with E-state index in [4.69, 9.17) is 34.8 Å². The largest absolute Gasteiger partial charge is 0.322 e. The molecule has 1 aliphatic rings. The van der Waals surface area contributed by atoms with Crippen LogP contribution in [0, 0.1) is 0 Å². The summed E-state index contributed by atoms with van der Waals surface area (Å²) in [5.74, 6) is -0.158. The van der Waals surface area contributed by atoms with E-state index in [0.29, 0.717) is 20.8 Å². The zero-order chi connectivity index (χ0) is 17.8. The number of piperazine rings is 1. The molecule has 0 aromatic heterocycles. The Bertz CT molecular complexity index is 752. The number of halogens is 4. The zero-order valence-electron chi connectivity index (χ0n) is 13.8. The van der Waals surface area contributed by atoms with Crippen molar-refractivity contribution in [3.8, 4) is 0 Å². The van der Waals surface area contributed by atoms with E-state index in [1.165, 1.54) is 0 Å². The highest BCUT2D eigenvalue weighted by molar-refractivity contribution is 6.39. The van der Waals surface area contributed by atoms with Crippen LogP contribution in [0.4, 0.5) is 5.69 Å². The molecule has 1 unspecified atom stereocenters. The summed E-state index contributed by atoms with van der Waals surface area (Å²) in [5, 5.41) is 7.72. The third-order valence-electron chi connectivity index (χ3n) is 4.19.